The van der Waals surface area contributed by atoms with E-state index < -0.39 is 5.97 Å². The average Bonchev–Trinajstić information content (AvgIpc) is 2.74. The van der Waals surface area contributed by atoms with Gasteiger partial charge in [0.1, 0.15) is 11.5 Å². The molecule has 0 amide bonds. The zero-order valence-electron chi connectivity index (χ0n) is 19.0. The fourth-order valence-electron chi connectivity index (χ4n) is 4.78. The number of benzene rings is 1. The van der Waals surface area contributed by atoms with Crippen LogP contribution in [0.2, 0.25) is 0 Å². The van der Waals surface area contributed by atoms with Gasteiger partial charge in [-0.05, 0) is 74.1 Å². The molecule has 0 atom stereocenters. The lowest BCUT2D eigenvalue weighted by atomic mass is 9.71. The Morgan fingerprint density at radius 2 is 1.84 bits per heavy atom. The first-order valence-corrected chi connectivity index (χ1v) is 10.9. The predicted molar refractivity (Wildman–Crippen MR) is 119 cm³/mol. The van der Waals surface area contributed by atoms with Crippen molar-refractivity contribution in [2.24, 2.45) is 0 Å². The van der Waals surface area contributed by atoms with Crippen LogP contribution in [0.4, 0.5) is 0 Å². The number of carboxylic acids is 1. The zero-order chi connectivity index (χ0) is 22.6. The Bertz CT molecular complexity index is 942. The van der Waals surface area contributed by atoms with Crippen molar-refractivity contribution in [3.63, 3.8) is 0 Å². The molecule has 0 saturated heterocycles. The van der Waals surface area contributed by atoms with Crippen molar-refractivity contribution in [2.45, 2.75) is 64.7 Å². The van der Waals surface area contributed by atoms with Gasteiger partial charge < -0.3 is 19.7 Å². The third-order valence-corrected chi connectivity index (χ3v) is 6.58. The molecule has 0 aliphatic heterocycles. The van der Waals surface area contributed by atoms with E-state index in [1.165, 1.54) is 6.42 Å². The maximum Gasteiger partial charge on any atom is 0.341 e. The molecule has 168 valence electrons. The molecule has 2 aromatic rings. The van der Waals surface area contributed by atoms with Gasteiger partial charge in [-0.25, -0.2) is 4.79 Å². The van der Waals surface area contributed by atoms with Crippen LogP contribution >= 0.6 is 0 Å². The van der Waals surface area contributed by atoms with Gasteiger partial charge in [0.05, 0.1) is 12.3 Å². The Balaban J connectivity index is 1.94. The van der Waals surface area contributed by atoms with Crippen LogP contribution in [0.1, 0.15) is 65.7 Å². The van der Waals surface area contributed by atoms with Gasteiger partial charge in [-0.1, -0.05) is 19.3 Å². The van der Waals surface area contributed by atoms with Gasteiger partial charge in [-0.2, -0.15) is 0 Å². The number of carbonyl (C=O) groups is 1. The zero-order valence-corrected chi connectivity index (χ0v) is 19.0. The van der Waals surface area contributed by atoms with Gasteiger partial charge in [-0.3, -0.25) is 4.98 Å². The molecule has 0 unspecified atom stereocenters. The topological polar surface area (TPSA) is 88.9 Å². The van der Waals surface area contributed by atoms with E-state index in [2.05, 4.69) is 0 Å². The van der Waals surface area contributed by atoms with Crippen LogP contribution in [0.25, 0.3) is 0 Å². The lowest BCUT2D eigenvalue weighted by Crippen LogP contribution is -2.35. The van der Waals surface area contributed by atoms with E-state index >= 15 is 0 Å². The summed E-state index contributed by atoms with van der Waals surface area (Å²) in [5.41, 5.74) is 5.60. The Morgan fingerprint density at radius 1 is 1.13 bits per heavy atom. The second kappa shape index (κ2) is 9.69. The van der Waals surface area contributed by atoms with E-state index in [4.69, 9.17) is 19.6 Å². The van der Waals surface area contributed by atoms with E-state index in [-0.39, 0.29) is 17.8 Å². The van der Waals surface area contributed by atoms with E-state index in [1.54, 1.807) is 13.2 Å². The van der Waals surface area contributed by atoms with E-state index in [0.717, 1.165) is 59.3 Å². The average molecular weight is 428 g/mol. The number of rotatable bonds is 8. The number of aromatic nitrogens is 1. The maximum absolute atomic E-state index is 10.9. The number of ether oxygens (including phenoxy) is 2. The summed E-state index contributed by atoms with van der Waals surface area (Å²) in [5, 5.41) is 19.6. The number of hydrogen-bond donors (Lipinski definition) is 2. The normalized spacial score (nSPS) is 15.6. The summed E-state index contributed by atoms with van der Waals surface area (Å²) in [5.74, 6) is -0.154. The number of pyridine rings is 1. The SMILES string of the molecule is COCC1(c2nc(Cc3c(C)cc(OCC(=O)O)c(C)c3C)ccc2O)CCCCC1. The third kappa shape index (κ3) is 5.01. The summed E-state index contributed by atoms with van der Waals surface area (Å²) in [4.78, 5) is 15.8. The standard InChI is InChI=1S/C25H33NO5/c1-16-12-22(31-14-23(28)29)18(3)17(2)20(16)13-19-8-9-21(27)24(26-19)25(15-30-4)10-6-5-7-11-25/h8-9,12,27H,5-7,10-11,13-15H2,1-4H3,(H,28,29). The third-order valence-electron chi connectivity index (χ3n) is 6.58. The highest BCUT2D eigenvalue weighted by Gasteiger charge is 2.37. The fraction of sp³-hybridized carbons (Fsp3) is 0.520. The largest absolute Gasteiger partial charge is 0.506 e. The predicted octanol–water partition coefficient (Wildman–Crippen LogP) is 4.61. The Kier molecular flexibility index (Phi) is 7.21. The molecule has 2 N–H and O–H groups in total. The van der Waals surface area contributed by atoms with Crippen LogP contribution < -0.4 is 4.74 Å². The molecule has 6 nitrogen and oxygen atoms in total. The van der Waals surface area contributed by atoms with Crippen LogP contribution in [-0.4, -0.2) is 41.5 Å². The molecule has 1 fully saturated rings. The van der Waals surface area contributed by atoms with Crippen molar-refractivity contribution in [1.82, 2.24) is 4.98 Å². The second-order valence-electron chi connectivity index (χ2n) is 8.72. The van der Waals surface area contributed by atoms with Crippen LogP contribution in [0, 0.1) is 20.8 Å². The number of methoxy groups -OCH3 is 1. The van der Waals surface area contributed by atoms with E-state index in [1.807, 2.05) is 32.9 Å². The Hall–Kier alpha value is -2.60. The molecular weight excluding hydrogens is 394 g/mol. The summed E-state index contributed by atoms with van der Waals surface area (Å²) in [7, 11) is 1.71. The summed E-state index contributed by atoms with van der Waals surface area (Å²) < 4.78 is 11.0. The van der Waals surface area contributed by atoms with Crippen LogP contribution in [0.15, 0.2) is 18.2 Å². The molecule has 0 spiro atoms. The molecular formula is C25H33NO5. The van der Waals surface area contributed by atoms with Crippen LogP contribution in [-0.2, 0) is 21.4 Å². The highest BCUT2D eigenvalue weighted by molar-refractivity contribution is 5.68. The molecule has 3 rings (SSSR count). The summed E-state index contributed by atoms with van der Waals surface area (Å²) in [6.45, 7) is 6.18. The van der Waals surface area contributed by atoms with Gasteiger partial charge in [0.2, 0.25) is 0 Å². The molecule has 0 bridgehead atoms. The molecule has 1 aliphatic carbocycles. The van der Waals surface area contributed by atoms with Crippen LogP contribution in [0.5, 0.6) is 11.5 Å². The Morgan fingerprint density at radius 3 is 2.48 bits per heavy atom. The van der Waals surface area contributed by atoms with Crippen molar-refractivity contribution < 1.29 is 24.5 Å². The maximum atomic E-state index is 10.9. The number of hydrogen-bond acceptors (Lipinski definition) is 5. The van der Waals surface area contributed by atoms with Gasteiger partial charge in [0.15, 0.2) is 6.61 Å². The van der Waals surface area contributed by atoms with Gasteiger partial charge in [0, 0.05) is 24.6 Å². The molecule has 1 aromatic heterocycles. The van der Waals surface area contributed by atoms with Gasteiger partial charge in [0.25, 0.3) is 0 Å². The smallest absolute Gasteiger partial charge is 0.341 e. The quantitative estimate of drug-likeness (QED) is 0.639. The second-order valence-corrected chi connectivity index (χ2v) is 8.72. The minimum absolute atomic E-state index is 0.234. The summed E-state index contributed by atoms with van der Waals surface area (Å²) >= 11 is 0. The summed E-state index contributed by atoms with van der Waals surface area (Å²) in [6, 6.07) is 5.53. The fourth-order valence-corrected chi connectivity index (χ4v) is 4.78. The van der Waals surface area contributed by atoms with Gasteiger partial charge >= 0.3 is 5.97 Å². The number of aliphatic carboxylic acids is 1. The Labute approximate surface area is 184 Å². The highest BCUT2D eigenvalue weighted by Crippen LogP contribution is 2.42. The van der Waals surface area contributed by atoms with Crippen molar-refractivity contribution in [1.29, 1.82) is 0 Å². The molecule has 1 aromatic carbocycles. The molecule has 1 aliphatic rings. The lowest BCUT2D eigenvalue weighted by Gasteiger charge is -2.36. The van der Waals surface area contributed by atoms with Crippen molar-refractivity contribution in [2.75, 3.05) is 20.3 Å². The minimum Gasteiger partial charge on any atom is -0.506 e. The molecule has 31 heavy (non-hydrogen) atoms. The number of aryl methyl sites for hydroxylation is 1. The van der Waals surface area contributed by atoms with Crippen molar-refractivity contribution in [3.8, 4) is 11.5 Å². The van der Waals surface area contributed by atoms with Gasteiger partial charge in [-0.15, -0.1) is 0 Å². The molecule has 0 radical (unpaired) electrons. The number of aromatic hydroxyl groups is 1. The minimum atomic E-state index is -0.993. The van der Waals surface area contributed by atoms with E-state index in [9.17, 15) is 9.90 Å². The van der Waals surface area contributed by atoms with Crippen molar-refractivity contribution >= 4 is 5.97 Å². The molecule has 1 heterocycles. The van der Waals surface area contributed by atoms with Crippen LogP contribution in [0.3, 0.4) is 0 Å². The molecule has 1 saturated carbocycles. The monoisotopic (exact) mass is 427 g/mol. The number of nitrogens with zero attached hydrogens (tertiary/aromatic N) is 1. The first kappa shape index (κ1) is 23.1. The van der Waals surface area contributed by atoms with E-state index in [0.29, 0.717) is 18.8 Å². The van der Waals surface area contributed by atoms with Crippen molar-refractivity contribution in [3.05, 3.63) is 51.8 Å². The first-order chi connectivity index (χ1) is 14.8. The highest BCUT2D eigenvalue weighted by atomic mass is 16.5. The molecule has 6 heteroatoms. The number of carboxylic acid groups (broad SMARTS) is 1. The lowest BCUT2D eigenvalue weighted by molar-refractivity contribution is -0.139. The first-order valence-electron chi connectivity index (χ1n) is 10.9. The summed E-state index contributed by atoms with van der Waals surface area (Å²) in [6.07, 6.45) is 6.01.